The molecule has 0 spiro atoms. The number of rotatable bonds is 3. The fraction of sp³-hybridized carbons (Fsp3) is 0.238. The summed E-state index contributed by atoms with van der Waals surface area (Å²) in [6, 6.07) is 8.36. The van der Waals surface area contributed by atoms with Gasteiger partial charge >= 0.3 is 0 Å². The number of thiazole rings is 1. The van der Waals surface area contributed by atoms with Crippen LogP contribution in [0.4, 0.5) is 0 Å². The number of nitrogens with zero attached hydrogens (tertiary/aromatic N) is 6. The third-order valence-corrected chi connectivity index (χ3v) is 6.51. The fourth-order valence-electron chi connectivity index (χ4n) is 3.92. The van der Waals surface area contributed by atoms with E-state index < -0.39 is 0 Å². The highest BCUT2D eigenvalue weighted by molar-refractivity contribution is 7.15. The van der Waals surface area contributed by atoms with E-state index in [0.29, 0.717) is 16.9 Å². The number of imidazole rings is 1. The Kier molecular flexibility index (Phi) is 3.52. The van der Waals surface area contributed by atoms with Gasteiger partial charge in [-0.15, -0.1) is 11.3 Å². The van der Waals surface area contributed by atoms with Crippen LogP contribution < -0.4 is 5.56 Å². The second-order valence-electron chi connectivity index (χ2n) is 7.52. The Labute approximate surface area is 169 Å². The standard InChI is InChI=1S/C21H18N6OS/c1-25-12-22-16-6-5-13(11-15(16)20(25)28)19-18(23-21-26(19)9-10-29-21)17-7-8-27(24-17)14-3-2-4-14/h5-12,14H,2-4H2,1H3. The van der Waals surface area contributed by atoms with Crippen molar-refractivity contribution in [3.63, 3.8) is 0 Å². The van der Waals surface area contributed by atoms with Crippen molar-refractivity contribution in [1.82, 2.24) is 28.7 Å². The van der Waals surface area contributed by atoms with Crippen molar-refractivity contribution in [3.8, 4) is 22.6 Å². The molecule has 0 atom stereocenters. The van der Waals surface area contributed by atoms with Crippen LogP contribution >= 0.6 is 11.3 Å². The predicted octanol–water partition coefficient (Wildman–Crippen LogP) is 3.90. The van der Waals surface area contributed by atoms with E-state index >= 15 is 0 Å². The van der Waals surface area contributed by atoms with Crippen molar-refractivity contribution in [2.24, 2.45) is 7.05 Å². The highest BCUT2D eigenvalue weighted by Crippen LogP contribution is 2.36. The van der Waals surface area contributed by atoms with Crippen LogP contribution in [0.2, 0.25) is 0 Å². The maximum Gasteiger partial charge on any atom is 0.260 e. The average Bonchev–Trinajstić information content (AvgIpc) is 3.39. The first kappa shape index (κ1) is 16.7. The topological polar surface area (TPSA) is 70.0 Å². The Balaban J connectivity index is 1.57. The third-order valence-electron chi connectivity index (χ3n) is 5.75. The summed E-state index contributed by atoms with van der Waals surface area (Å²) in [6.45, 7) is 0. The summed E-state index contributed by atoms with van der Waals surface area (Å²) in [5.74, 6) is 0. The van der Waals surface area contributed by atoms with Gasteiger partial charge in [0.15, 0.2) is 4.96 Å². The van der Waals surface area contributed by atoms with E-state index in [4.69, 9.17) is 10.1 Å². The lowest BCUT2D eigenvalue weighted by atomic mass is 9.93. The number of fused-ring (bicyclic) bond motifs is 2. The Morgan fingerprint density at radius 2 is 2.07 bits per heavy atom. The van der Waals surface area contributed by atoms with Gasteiger partial charge in [0.2, 0.25) is 0 Å². The molecule has 7 nitrogen and oxygen atoms in total. The zero-order valence-corrected chi connectivity index (χ0v) is 16.6. The molecule has 0 aliphatic heterocycles. The van der Waals surface area contributed by atoms with Gasteiger partial charge in [-0.25, -0.2) is 9.97 Å². The highest BCUT2D eigenvalue weighted by atomic mass is 32.1. The smallest absolute Gasteiger partial charge is 0.260 e. The lowest BCUT2D eigenvalue weighted by Gasteiger charge is -2.25. The zero-order chi connectivity index (χ0) is 19.5. The predicted molar refractivity (Wildman–Crippen MR) is 113 cm³/mol. The Bertz CT molecular complexity index is 1430. The molecule has 1 aliphatic rings. The molecule has 1 fully saturated rings. The summed E-state index contributed by atoms with van der Waals surface area (Å²) in [5, 5.41) is 7.44. The second kappa shape index (κ2) is 6.12. The lowest BCUT2D eigenvalue weighted by Crippen LogP contribution is -2.17. The molecular formula is C21H18N6OS. The summed E-state index contributed by atoms with van der Waals surface area (Å²) < 4.78 is 5.64. The molecule has 1 aromatic carbocycles. The minimum Gasteiger partial charge on any atom is -0.302 e. The van der Waals surface area contributed by atoms with Crippen molar-refractivity contribution >= 4 is 27.2 Å². The molecule has 0 saturated heterocycles. The molecule has 0 radical (unpaired) electrons. The van der Waals surface area contributed by atoms with Gasteiger partial charge in [-0.2, -0.15) is 5.10 Å². The van der Waals surface area contributed by atoms with Gasteiger partial charge in [-0.3, -0.25) is 13.9 Å². The normalized spacial score (nSPS) is 14.7. The van der Waals surface area contributed by atoms with Gasteiger partial charge in [0.1, 0.15) is 11.4 Å². The largest absolute Gasteiger partial charge is 0.302 e. The number of aromatic nitrogens is 6. The summed E-state index contributed by atoms with van der Waals surface area (Å²) in [7, 11) is 1.72. The van der Waals surface area contributed by atoms with Crippen molar-refractivity contribution < 1.29 is 0 Å². The number of aryl methyl sites for hydroxylation is 1. The van der Waals surface area contributed by atoms with Crippen LogP contribution in [0.3, 0.4) is 0 Å². The van der Waals surface area contributed by atoms with Crippen molar-refractivity contribution in [2.45, 2.75) is 25.3 Å². The number of benzene rings is 1. The Morgan fingerprint density at radius 1 is 1.17 bits per heavy atom. The molecule has 29 heavy (non-hydrogen) atoms. The molecule has 6 rings (SSSR count). The van der Waals surface area contributed by atoms with Crippen molar-refractivity contribution in [3.05, 3.63) is 58.7 Å². The summed E-state index contributed by atoms with van der Waals surface area (Å²) in [4.78, 5) is 22.8. The van der Waals surface area contributed by atoms with Crippen LogP contribution in [0, 0.1) is 0 Å². The fourth-order valence-corrected chi connectivity index (χ4v) is 4.63. The average molecular weight is 402 g/mol. The quantitative estimate of drug-likeness (QED) is 0.459. The van der Waals surface area contributed by atoms with E-state index in [9.17, 15) is 4.79 Å². The van der Waals surface area contributed by atoms with Gasteiger partial charge in [-0.1, -0.05) is 6.07 Å². The Morgan fingerprint density at radius 3 is 2.90 bits per heavy atom. The van der Waals surface area contributed by atoms with Crippen molar-refractivity contribution in [2.75, 3.05) is 0 Å². The third kappa shape index (κ3) is 2.49. The number of hydrogen-bond acceptors (Lipinski definition) is 5. The van der Waals surface area contributed by atoms with E-state index in [1.54, 1.807) is 24.7 Å². The Hall–Kier alpha value is -3.26. The van der Waals surface area contributed by atoms with E-state index in [1.165, 1.54) is 23.8 Å². The van der Waals surface area contributed by atoms with E-state index in [1.807, 2.05) is 35.8 Å². The molecule has 5 aromatic rings. The van der Waals surface area contributed by atoms with Crippen LogP contribution in [0.1, 0.15) is 25.3 Å². The SMILES string of the molecule is Cn1cnc2ccc(-c3c(-c4ccn(C5CCC5)n4)nc4sccn34)cc2c1=O. The molecule has 1 saturated carbocycles. The molecule has 0 N–H and O–H groups in total. The van der Waals surface area contributed by atoms with Gasteiger partial charge in [0, 0.05) is 30.4 Å². The molecule has 1 aliphatic carbocycles. The van der Waals surface area contributed by atoms with Gasteiger partial charge in [0.05, 0.1) is 29.0 Å². The summed E-state index contributed by atoms with van der Waals surface area (Å²) in [5.41, 5.74) is 4.23. The van der Waals surface area contributed by atoms with Crippen LogP contribution in [0.15, 0.2) is 53.2 Å². The lowest BCUT2D eigenvalue weighted by molar-refractivity contribution is 0.290. The van der Waals surface area contributed by atoms with Crippen LogP contribution in [-0.4, -0.2) is 28.7 Å². The maximum absolute atomic E-state index is 12.6. The maximum atomic E-state index is 12.6. The van der Waals surface area contributed by atoms with Gasteiger partial charge in [0.25, 0.3) is 5.56 Å². The zero-order valence-electron chi connectivity index (χ0n) is 15.8. The first-order chi connectivity index (χ1) is 14.2. The monoisotopic (exact) mass is 402 g/mol. The van der Waals surface area contributed by atoms with E-state index in [-0.39, 0.29) is 5.56 Å². The minimum absolute atomic E-state index is 0.0567. The first-order valence-corrected chi connectivity index (χ1v) is 10.5. The molecular weight excluding hydrogens is 384 g/mol. The van der Waals surface area contributed by atoms with Crippen LogP contribution in [0.5, 0.6) is 0 Å². The molecule has 8 heteroatoms. The van der Waals surface area contributed by atoms with Gasteiger partial charge < -0.3 is 4.57 Å². The summed E-state index contributed by atoms with van der Waals surface area (Å²) >= 11 is 1.59. The van der Waals surface area contributed by atoms with Gasteiger partial charge in [-0.05, 0) is 37.5 Å². The number of hydrogen-bond donors (Lipinski definition) is 0. The van der Waals surface area contributed by atoms with E-state index in [0.717, 1.165) is 27.6 Å². The molecule has 0 unspecified atom stereocenters. The van der Waals surface area contributed by atoms with Crippen LogP contribution in [0.25, 0.3) is 38.5 Å². The van der Waals surface area contributed by atoms with E-state index in [2.05, 4.69) is 20.3 Å². The molecule has 4 heterocycles. The second-order valence-corrected chi connectivity index (χ2v) is 8.40. The molecule has 144 valence electrons. The highest BCUT2D eigenvalue weighted by Gasteiger charge is 2.23. The van der Waals surface area contributed by atoms with Crippen molar-refractivity contribution in [1.29, 1.82) is 0 Å². The molecule has 4 aromatic heterocycles. The van der Waals surface area contributed by atoms with Crippen LogP contribution in [-0.2, 0) is 7.05 Å². The summed E-state index contributed by atoms with van der Waals surface area (Å²) in [6.07, 6.45) is 9.27. The first-order valence-electron chi connectivity index (χ1n) is 9.66. The minimum atomic E-state index is -0.0567. The molecule has 0 bridgehead atoms. The molecule has 0 amide bonds.